The van der Waals surface area contributed by atoms with Crippen LogP contribution in [0.5, 0.6) is 5.75 Å². The van der Waals surface area contributed by atoms with Crippen LogP contribution in [-0.4, -0.2) is 9.78 Å². The van der Waals surface area contributed by atoms with E-state index in [1.54, 1.807) is 0 Å². The lowest BCUT2D eigenvalue weighted by molar-refractivity contribution is 0.295. The van der Waals surface area contributed by atoms with E-state index < -0.39 is 0 Å². The Morgan fingerprint density at radius 1 is 0.955 bits per heavy atom. The molecule has 0 atom stereocenters. The smallest absolute Gasteiger partial charge is 0.130 e. The Bertz CT molecular complexity index is 775. The second-order valence-corrected chi connectivity index (χ2v) is 5.58. The van der Waals surface area contributed by atoms with Gasteiger partial charge in [-0.2, -0.15) is 5.10 Å². The maximum Gasteiger partial charge on any atom is 0.130 e. The van der Waals surface area contributed by atoms with E-state index in [4.69, 9.17) is 4.74 Å². The normalized spacial score (nSPS) is 10.7. The molecule has 0 radical (unpaired) electrons. The molecule has 0 amide bonds. The Balaban J connectivity index is 1.86. The van der Waals surface area contributed by atoms with Crippen LogP contribution < -0.4 is 4.74 Å². The average molecular weight is 292 g/mol. The molecular weight excluding hydrogens is 272 g/mol. The molecule has 0 unspecified atom stereocenters. The van der Waals surface area contributed by atoms with E-state index >= 15 is 0 Å². The Hall–Kier alpha value is -2.55. The summed E-state index contributed by atoms with van der Waals surface area (Å²) in [6, 6.07) is 18.5. The Labute approximate surface area is 131 Å². The lowest BCUT2D eigenvalue weighted by atomic mass is 10.1. The standard InChI is InChI=1S/C19H20N2O/c1-14-9-10-15(2)19(11-14)22-13-18-12-16(3)20-21(18)17-7-5-4-6-8-17/h4-12H,13H2,1-3H3. The van der Waals surface area contributed by atoms with Crippen LogP contribution in [0.3, 0.4) is 0 Å². The van der Waals surface area contributed by atoms with E-state index in [1.807, 2.05) is 41.9 Å². The van der Waals surface area contributed by atoms with Gasteiger partial charge in [-0.3, -0.25) is 0 Å². The fourth-order valence-corrected chi connectivity index (χ4v) is 2.46. The van der Waals surface area contributed by atoms with Gasteiger partial charge in [-0.1, -0.05) is 30.3 Å². The molecule has 3 rings (SSSR count). The van der Waals surface area contributed by atoms with Crippen molar-refractivity contribution < 1.29 is 4.74 Å². The molecule has 0 spiro atoms. The minimum atomic E-state index is 0.500. The molecule has 0 aliphatic rings. The first-order valence-corrected chi connectivity index (χ1v) is 7.44. The number of aromatic nitrogens is 2. The number of aryl methyl sites for hydroxylation is 3. The van der Waals surface area contributed by atoms with Crippen LogP contribution in [-0.2, 0) is 6.61 Å². The Morgan fingerprint density at radius 2 is 1.73 bits per heavy atom. The van der Waals surface area contributed by atoms with E-state index in [0.29, 0.717) is 6.61 Å². The van der Waals surface area contributed by atoms with Crippen molar-refractivity contribution in [2.24, 2.45) is 0 Å². The third-order valence-electron chi connectivity index (χ3n) is 3.63. The van der Waals surface area contributed by atoms with Gasteiger partial charge in [-0.25, -0.2) is 4.68 Å². The first-order chi connectivity index (χ1) is 10.6. The van der Waals surface area contributed by atoms with Crippen molar-refractivity contribution in [2.45, 2.75) is 27.4 Å². The highest BCUT2D eigenvalue weighted by atomic mass is 16.5. The molecule has 0 saturated carbocycles. The summed E-state index contributed by atoms with van der Waals surface area (Å²) >= 11 is 0. The van der Waals surface area contributed by atoms with Crippen molar-refractivity contribution in [3.05, 3.63) is 77.1 Å². The Kier molecular flexibility index (Phi) is 3.96. The van der Waals surface area contributed by atoms with Gasteiger partial charge in [0.25, 0.3) is 0 Å². The summed E-state index contributed by atoms with van der Waals surface area (Å²) in [7, 11) is 0. The molecule has 1 aromatic heterocycles. The minimum Gasteiger partial charge on any atom is -0.487 e. The zero-order chi connectivity index (χ0) is 15.5. The molecule has 112 valence electrons. The van der Waals surface area contributed by atoms with Gasteiger partial charge in [0, 0.05) is 0 Å². The number of hydrogen-bond donors (Lipinski definition) is 0. The van der Waals surface area contributed by atoms with Crippen molar-refractivity contribution in [1.82, 2.24) is 9.78 Å². The van der Waals surface area contributed by atoms with Crippen molar-refractivity contribution in [3.63, 3.8) is 0 Å². The SMILES string of the molecule is Cc1ccc(C)c(OCc2cc(C)nn2-c2ccccc2)c1. The van der Waals surface area contributed by atoms with Crippen LogP contribution in [0.2, 0.25) is 0 Å². The summed E-state index contributed by atoms with van der Waals surface area (Å²) in [6.45, 7) is 6.64. The molecule has 0 fully saturated rings. The third-order valence-corrected chi connectivity index (χ3v) is 3.63. The van der Waals surface area contributed by atoms with Crippen LogP contribution in [0.1, 0.15) is 22.5 Å². The number of benzene rings is 2. The molecule has 0 saturated heterocycles. The molecule has 0 aliphatic carbocycles. The van der Waals surface area contributed by atoms with E-state index in [-0.39, 0.29) is 0 Å². The average Bonchev–Trinajstić information content (AvgIpc) is 2.90. The van der Waals surface area contributed by atoms with Gasteiger partial charge in [0.05, 0.1) is 17.1 Å². The summed E-state index contributed by atoms with van der Waals surface area (Å²) in [4.78, 5) is 0. The molecular formula is C19H20N2O. The largest absolute Gasteiger partial charge is 0.487 e. The molecule has 3 aromatic rings. The van der Waals surface area contributed by atoms with Gasteiger partial charge in [0.2, 0.25) is 0 Å². The van der Waals surface area contributed by atoms with Crippen molar-refractivity contribution in [1.29, 1.82) is 0 Å². The lowest BCUT2D eigenvalue weighted by Gasteiger charge is -2.11. The maximum absolute atomic E-state index is 6.02. The highest BCUT2D eigenvalue weighted by molar-refractivity contribution is 5.37. The first kappa shape index (κ1) is 14.4. The first-order valence-electron chi connectivity index (χ1n) is 7.44. The predicted octanol–water partition coefficient (Wildman–Crippen LogP) is 4.38. The molecule has 22 heavy (non-hydrogen) atoms. The molecule has 0 bridgehead atoms. The van der Waals surface area contributed by atoms with E-state index in [2.05, 4.69) is 43.2 Å². The van der Waals surface area contributed by atoms with Crippen LogP contribution in [0.4, 0.5) is 0 Å². The molecule has 1 heterocycles. The molecule has 0 aliphatic heterocycles. The highest BCUT2D eigenvalue weighted by Gasteiger charge is 2.09. The molecule has 3 heteroatoms. The zero-order valence-corrected chi connectivity index (χ0v) is 13.2. The maximum atomic E-state index is 6.02. The fourth-order valence-electron chi connectivity index (χ4n) is 2.46. The van der Waals surface area contributed by atoms with E-state index in [1.165, 1.54) is 5.56 Å². The summed E-state index contributed by atoms with van der Waals surface area (Å²) in [6.07, 6.45) is 0. The molecule has 3 nitrogen and oxygen atoms in total. The number of ether oxygens (including phenoxy) is 1. The summed E-state index contributed by atoms with van der Waals surface area (Å²) < 4.78 is 7.96. The van der Waals surface area contributed by atoms with E-state index in [9.17, 15) is 0 Å². The molecule has 0 N–H and O–H groups in total. The monoisotopic (exact) mass is 292 g/mol. The number of nitrogens with zero attached hydrogens (tertiary/aromatic N) is 2. The number of para-hydroxylation sites is 1. The van der Waals surface area contributed by atoms with Crippen molar-refractivity contribution in [2.75, 3.05) is 0 Å². The van der Waals surface area contributed by atoms with Gasteiger partial charge in [0.15, 0.2) is 0 Å². The van der Waals surface area contributed by atoms with Gasteiger partial charge in [-0.15, -0.1) is 0 Å². The van der Waals surface area contributed by atoms with E-state index in [0.717, 1.165) is 28.4 Å². The zero-order valence-electron chi connectivity index (χ0n) is 13.2. The topological polar surface area (TPSA) is 27.1 Å². The van der Waals surface area contributed by atoms with Crippen LogP contribution in [0.15, 0.2) is 54.6 Å². The van der Waals surface area contributed by atoms with Gasteiger partial charge in [0.1, 0.15) is 12.4 Å². The second kappa shape index (κ2) is 6.06. The minimum absolute atomic E-state index is 0.500. The Morgan fingerprint density at radius 3 is 2.50 bits per heavy atom. The summed E-state index contributed by atoms with van der Waals surface area (Å²) in [5.41, 5.74) is 5.43. The van der Waals surface area contributed by atoms with Crippen LogP contribution in [0, 0.1) is 20.8 Å². The third kappa shape index (κ3) is 3.03. The van der Waals surface area contributed by atoms with Crippen LogP contribution in [0.25, 0.3) is 5.69 Å². The van der Waals surface area contributed by atoms with Gasteiger partial charge < -0.3 is 4.74 Å². The quantitative estimate of drug-likeness (QED) is 0.713. The fraction of sp³-hybridized carbons (Fsp3) is 0.211. The van der Waals surface area contributed by atoms with Gasteiger partial charge >= 0.3 is 0 Å². The number of hydrogen-bond acceptors (Lipinski definition) is 2. The summed E-state index contributed by atoms with van der Waals surface area (Å²) in [5.74, 6) is 0.929. The predicted molar refractivity (Wildman–Crippen MR) is 88.5 cm³/mol. The van der Waals surface area contributed by atoms with Crippen molar-refractivity contribution >= 4 is 0 Å². The van der Waals surface area contributed by atoms with Crippen LogP contribution >= 0.6 is 0 Å². The summed E-state index contributed by atoms with van der Waals surface area (Å²) in [5, 5.41) is 4.57. The van der Waals surface area contributed by atoms with Crippen molar-refractivity contribution in [3.8, 4) is 11.4 Å². The number of rotatable bonds is 4. The second-order valence-electron chi connectivity index (χ2n) is 5.58. The highest BCUT2D eigenvalue weighted by Crippen LogP contribution is 2.21. The molecule has 2 aromatic carbocycles. The lowest BCUT2D eigenvalue weighted by Crippen LogP contribution is -2.06. The van der Waals surface area contributed by atoms with Gasteiger partial charge in [-0.05, 0) is 56.2 Å².